The average molecular weight is 464 g/mol. The van der Waals surface area contributed by atoms with E-state index in [4.69, 9.17) is 23.2 Å². The molecule has 164 valence electrons. The Balaban J connectivity index is 1.66. The maximum atomic E-state index is 13.0. The van der Waals surface area contributed by atoms with Gasteiger partial charge in [-0.2, -0.15) is 4.98 Å². The van der Waals surface area contributed by atoms with Crippen molar-refractivity contribution in [2.24, 2.45) is 11.8 Å². The van der Waals surface area contributed by atoms with E-state index in [2.05, 4.69) is 34.4 Å². The molecular weight excluding hydrogens is 441 g/mol. The summed E-state index contributed by atoms with van der Waals surface area (Å²) in [6, 6.07) is 4.67. The van der Waals surface area contributed by atoms with Crippen LogP contribution in [0.1, 0.15) is 38.2 Å². The van der Waals surface area contributed by atoms with Crippen molar-refractivity contribution in [3.05, 3.63) is 44.2 Å². The van der Waals surface area contributed by atoms with E-state index in [1.165, 1.54) is 6.07 Å². The van der Waals surface area contributed by atoms with Crippen molar-refractivity contribution in [2.45, 2.75) is 32.6 Å². The van der Waals surface area contributed by atoms with E-state index in [1.54, 1.807) is 12.1 Å². The number of aromatic amines is 1. The van der Waals surface area contributed by atoms with E-state index in [1.807, 2.05) is 4.90 Å². The Bertz CT molecular complexity index is 1090. The molecule has 31 heavy (non-hydrogen) atoms. The number of carbonyl (C=O) groups excluding carboxylic acids is 2. The summed E-state index contributed by atoms with van der Waals surface area (Å²) in [6.45, 7) is 5.83. The summed E-state index contributed by atoms with van der Waals surface area (Å²) in [5, 5.41) is 6.02. The number of amides is 2. The van der Waals surface area contributed by atoms with E-state index < -0.39 is 17.4 Å². The molecule has 3 N–H and O–H groups in total. The van der Waals surface area contributed by atoms with Crippen LogP contribution < -0.4 is 21.1 Å². The van der Waals surface area contributed by atoms with Crippen LogP contribution in [0.2, 0.25) is 10.0 Å². The van der Waals surface area contributed by atoms with Crippen LogP contribution in [0.4, 0.5) is 17.5 Å². The second-order valence-electron chi connectivity index (χ2n) is 8.42. The maximum absolute atomic E-state index is 13.0. The molecule has 0 radical (unpaired) electrons. The second kappa shape index (κ2) is 8.51. The molecule has 2 aromatic rings. The molecule has 0 spiro atoms. The normalized spacial score (nSPS) is 23.2. The van der Waals surface area contributed by atoms with Crippen LogP contribution in [0.3, 0.4) is 0 Å². The molecule has 2 aliphatic rings. The van der Waals surface area contributed by atoms with Crippen LogP contribution in [-0.2, 0) is 9.59 Å². The zero-order valence-corrected chi connectivity index (χ0v) is 18.7. The molecule has 1 saturated heterocycles. The van der Waals surface area contributed by atoms with Crippen LogP contribution in [0, 0.1) is 11.8 Å². The smallest absolute Gasteiger partial charge is 0.258 e. The Morgan fingerprint density at radius 2 is 1.90 bits per heavy atom. The van der Waals surface area contributed by atoms with Crippen molar-refractivity contribution in [3.63, 3.8) is 0 Å². The summed E-state index contributed by atoms with van der Waals surface area (Å²) in [5.74, 6) is -0.459. The van der Waals surface area contributed by atoms with Crippen molar-refractivity contribution in [3.8, 4) is 0 Å². The lowest BCUT2D eigenvalue weighted by molar-refractivity contribution is -0.123. The van der Waals surface area contributed by atoms with Crippen molar-refractivity contribution in [2.75, 3.05) is 28.6 Å². The largest absolute Gasteiger partial charge is 0.342 e. The number of H-pyrrole nitrogens is 1. The van der Waals surface area contributed by atoms with Gasteiger partial charge in [0.05, 0.1) is 22.2 Å². The summed E-state index contributed by atoms with van der Waals surface area (Å²) in [5.41, 5.74) is 0.00401. The highest BCUT2D eigenvalue weighted by molar-refractivity contribution is 6.35. The van der Waals surface area contributed by atoms with Gasteiger partial charge < -0.3 is 15.5 Å². The molecular formula is C21H23Cl2N5O3. The molecule has 1 aromatic carbocycles. The summed E-state index contributed by atoms with van der Waals surface area (Å²) in [6.07, 6.45) is 0.940. The number of halogens is 2. The molecule has 3 heterocycles. The van der Waals surface area contributed by atoms with Crippen molar-refractivity contribution in [1.82, 2.24) is 9.97 Å². The lowest BCUT2D eigenvalue weighted by atomic mass is 9.91. The molecule has 2 aliphatic heterocycles. The molecule has 8 nitrogen and oxygen atoms in total. The molecule has 4 rings (SSSR count). The van der Waals surface area contributed by atoms with Crippen molar-refractivity contribution >= 4 is 52.5 Å². The monoisotopic (exact) mass is 463 g/mol. The Hall–Kier alpha value is -2.58. The van der Waals surface area contributed by atoms with Gasteiger partial charge in [0.1, 0.15) is 5.82 Å². The quantitative estimate of drug-likeness (QED) is 0.643. The number of hydrogen-bond acceptors (Lipinski definition) is 5. The molecule has 1 fully saturated rings. The van der Waals surface area contributed by atoms with Gasteiger partial charge >= 0.3 is 0 Å². The van der Waals surface area contributed by atoms with Crippen LogP contribution >= 0.6 is 23.2 Å². The highest BCUT2D eigenvalue weighted by Crippen LogP contribution is 2.33. The maximum Gasteiger partial charge on any atom is 0.258 e. The predicted octanol–water partition coefficient (Wildman–Crippen LogP) is 3.62. The van der Waals surface area contributed by atoms with Gasteiger partial charge in [0.15, 0.2) is 0 Å². The van der Waals surface area contributed by atoms with E-state index in [-0.39, 0.29) is 23.7 Å². The minimum atomic E-state index is -0.997. The highest BCUT2D eigenvalue weighted by Gasteiger charge is 2.36. The Morgan fingerprint density at radius 3 is 2.61 bits per heavy atom. The zero-order chi connectivity index (χ0) is 22.3. The number of nitrogens with zero attached hydrogens (tertiary/aromatic N) is 2. The fourth-order valence-electron chi connectivity index (χ4n) is 4.38. The lowest BCUT2D eigenvalue weighted by Crippen LogP contribution is -2.42. The number of carbonyl (C=O) groups is 2. The van der Waals surface area contributed by atoms with Crippen LogP contribution in [0.5, 0.6) is 0 Å². The van der Waals surface area contributed by atoms with Crippen LogP contribution in [0.25, 0.3) is 0 Å². The molecule has 1 aromatic heterocycles. The fourth-order valence-corrected chi connectivity index (χ4v) is 4.72. The Kier molecular flexibility index (Phi) is 5.94. The summed E-state index contributed by atoms with van der Waals surface area (Å²) < 4.78 is 0. The fraction of sp³-hybridized carbons (Fsp3) is 0.429. The number of fused-ring (bicyclic) bond motifs is 1. The van der Waals surface area contributed by atoms with Crippen LogP contribution in [0.15, 0.2) is 23.0 Å². The Labute approximate surface area is 189 Å². The summed E-state index contributed by atoms with van der Waals surface area (Å²) in [4.78, 5) is 47.6. The van der Waals surface area contributed by atoms with Gasteiger partial charge in [-0.05, 0) is 36.5 Å². The first-order chi connectivity index (χ1) is 14.7. The first kappa shape index (κ1) is 21.6. The third-order valence-electron chi connectivity index (χ3n) is 5.61. The number of aromatic nitrogens is 2. The highest BCUT2D eigenvalue weighted by atomic mass is 35.5. The number of anilines is 3. The van der Waals surface area contributed by atoms with Gasteiger partial charge in [-0.1, -0.05) is 37.0 Å². The van der Waals surface area contributed by atoms with Gasteiger partial charge in [0.2, 0.25) is 17.8 Å². The molecule has 0 aliphatic carbocycles. The third kappa shape index (κ3) is 4.55. The summed E-state index contributed by atoms with van der Waals surface area (Å²) >= 11 is 12.1. The topological polar surface area (TPSA) is 107 Å². The van der Waals surface area contributed by atoms with Crippen molar-refractivity contribution in [1.29, 1.82) is 0 Å². The average Bonchev–Trinajstić information content (AvgIpc) is 2.69. The van der Waals surface area contributed by atoms with E-state index in [0.717, 1.165) is 19.5 Å². The van der Waals surface area contributed by atoms with Gasteiger partial charge in [-0.3, -0.25) is 19.4 Å². The molecule has 10 heteroatoms. The van der Waals surface area contributed by atoms with Crippen LogP contribution in [-0.4, -0.2) is 34.9 Å². The van der Waals surface area contributed by atoms with Crippen molar-refractivity contribution < 1.29 is 9.59 Å². The number of rotatable bonds is 3. The molecule has 0 bridgehead atoms. The molecule has 2 amide bonds. The standard InChI is InChI=1S/C21H23Cl2N5O3/c1-10-5-11(2)9-28(8-10)21-26-18-17(20(31)27-21)13(7-16(29)25-18)19(30)24-15-6-12(22)3-4-14(15)23/h3-4,6,10-11,13H,5,7-9H2,1-2H3,(H,24,30)(H2,25,26,27,29,31)/t10-,11-,13-/m1/s1. The number of hydrogen-bond donors (Lipinski definition) is 3. The first-order valence-corrected chi connectivity index (χ1v) is 10.9. The third-order valence-corrected chi connectivity index (χ3v) is 6.17. The van der Waals surface area contributed by atoms with Gasteiger partial charge in [0.25, 0.3) is 5.56 Å². The number of nitrogens with one attached hydrogen (secondary N) is 3. The lowest BCUT2D eigenvalue weighted by Gasteiger charge is -2.35. The van der Waals surface area contributed by atoms with E-state index >= 15 is 0 Å². The first-order valence-electron chi connectivity index (χ1n) is 10.2. The number of benzene rings is 1. The van der Waals surface area contributed by atoms with Gasteiger partial charge in [-0.25, -0.2) is 0 Å². The number of piperidine rings is 1. The molecule has 3 atom stereocenters. The predicted molar refractivity (Wildman–Crippen MR) is 121 cm³/mol. The van der Waals surface area contributed by atoms with E-state index in [0.29, 0.717) is 33.5 Å². The molecule has 0 unspecified atom stereocenters. The molecule has 0 saturated carbocycles. The minimum absolute atomic E-state index is 0.123. The second-order valence-corrected chi connectivity index (χ2v) is 9.26. The van der Waals surface area contributed by atoms with Gasteiger partial charge in [-0.15, -0.1) is 0 Å². The summed E-state index contributed by atoms with van der Waals surface area (Å²) in [7, 11) is 0. The SMILES string of the molecule is C[C@@H]1C[C@@H](C)CN(c2nc3c(c(=O)[nH]2)[C@H](C(=O)Nc2cc(Cl)ccc2Cl)CC(=O)N3)C1. The van der Waals surface area contributed by atoms with E-state index in [9.17, 15) is 14.4 Å². The minimum Gasteiger partial charge on any atom is -0.342 e. The zero-order valence-electron chi connectivity index (χ0n) is 17.2. The Morgan fingerprint density at radius 1 is 1.19 bits per heavy atom. The van der Waals surface area contributed by atoms with Gasteiger partial charge in [0, 0.05) is 24.5 Å².